The SMILES string of the molecule is O=C(Nc1cccc(S(=O)(=O)c2cccc(NC(=O)c3cccc(F)c3)c2)c1)c1ccc(F)cc1. The average molecular weight is 493 g/mol. The molecule has 0 heterocycles. The van der Waals surface area contributed by atoms with Crippen LogP contribution in [-0.4, -0.2) is 20.2 Å². The summed E-state index contributed by atoms with van der Waals surface area (Å²) in [7, 11) is -4.01. The van der Waals surface area contributed by atoms with Crippen molar-refractivity contribution in [2.24, 2.45) is 0 Å². The molecule has 0 saturated heterocycles. The summed E-state index contributed by atoms with van der Waals surface area (Å²) in [4.78, 5) is 24.6. The van der Waals surface area contributed by atoms with Crippen LogP contribution < -0.4 is 10.6 Å². The predicted octanol–water partition coefficient (Wildman–Crippen LogP) is 5.30. The molecule has 4 aromatic carbocycles. The van der Waals surface area contributed by atoms with Gasteiger partial charge in [0, 0.05) is 22.5 Å². The molecule has 0 saturated carbocycles. The number of halogens is 2. The van der Waals surface area contributed by atoms with E-state index in [2.05, 4.69) is 10.6 Å². The summed E-state index contributed by atoms with van der Waals surface area (Å²) in [5.74, 6) is -2.17. The summed E-state index contributed by atoms with van der Waals surface area (Å²) in [6.45, 7) is 0. The molecule has 0 aromatic heterocycles. The van der Waals surface area contributed by atoms with Gasteiger partial charge in [-0.3, -0.25) is 9.59 Å². The summed E-state index contributed by atoms with van der Waals surface area (Å²) in [6, 6.07) is 21.3. The Morgan fingerprint density at radius 2 is 1.09 bits per heavy atom. The molecule has 0 aliphatic carbocycles. The second-order valence-electron chi connectivity index (χ2n) is 7.48. The number of benzene rings is 4. The average Bonchev–Trinajstić information content (AvgIpc) is 2.85. The van der Waals surface area contributed by atoms with Crippen molar-refractivity contribution >= 4 is 33.0 Å². The highest BCUT2D eigenvalue weighted by Crippen LogP contribution is 2.26. The lowest BCUT2D eigenvalue weighted by Crippen LogP contribution is -2.13. The van der Waals surface area contributed by atoms with E-state index < -0.39 is 33.3 Å². The maximum atomic E-state index is 13.4. The Balaban J connectivity index is 1.55. The molecule has 176 valence electrons. The first-order valence-corrected chi connectivity index (χ1v) is 11.8. The third-order valence-electron chi connectivity index (χ3n) is 5.00. The Hall–Kier alpha value is -4.37. The molecule has 9 heteroatoms. The summed E-state index contributed by atoms with van der Waals surface area (Å²) >= 11 is 0. The molecule has 4 aromatic rings. The minimum Gasteiger partial charge on any atom is -0.322 e. The normalized spacial score (nSPS) is 11.0. The van der Waals surface area contributed by atoms with Gasteiger partial charge in [0.1, 0.15) is 11.6 Å². The third kappa shape index (κ3) is 5.59. The van der Waals surface area contributed by atoms with Crippen molar-refractivity contribution in [3.63, 3.8) is 0 Å². The van der Waals surface area contributed by atoms with Crippen molar-refractivity contribution in [3.05, 3.63) is 120 Å². The van der Waals surface area contributed by atoms with E-state index in [0.717, 1.165) is 18.2 Å². The topological polar surface area (TPSA) is 92.3 Å². The fourth-order valence-corrected chi connectivity index (χ4v) is 4.61. The van der Waals surface area contributed by atoms with Gasteiger partial charge in [-0.1, -0.05) is 18.2 Å². The second kappa shape index (κ2) is 9.86. The third-order valence-corrected chi connectivity index (χ3v) is 6.75. The molecule has 0 bridgehead atoms. The Bertz CT molecular complexity index is 1520. The van der Waals surface area contributed by atoms with E-state index in [9.17, 15) is 26.8 Å². The van der Waals surface area contributed by atoms with Crippen LogP contribution >= 0.6 is 0 Å². The van der Waals surface area contributed by atoms with E-state index in [-0.39, 0.29) is 32.3 Å². The number of sulfone groups is 1. The second-order valence-corrected chi connectivity index (χ2v) is 9.43. The minimum atomic E-state index is -4.01. The van der Waals surface area contributed by atoms with Gasteiger partial charge in [0.15, 0.2) is 0 Å². The van der Waals surface area contributed by atoms with Crippen LogP contribution in [0.4, 0.5) is 20.2 Å². The Morgan fingerprint density at radius 3 is 1.63 bits per heavy atom. The zero-order valence-corrected chi connectivity index (χ0v) is 18.9. The van der Waals surface area contributed by atoms with E-state index in [1.807, 2.05) is 0 Å². The van der Waals surface area contributed by atoms with Gasteiger partial charge in [-0.15, -0.1) is 0 Å². The summed E-state index contributed by atoms with van der Waals surface area (Å²) in [6.07, 6.45) is 0. The van der Waals surface area contributed by atoms with Crippen LogP contribution in [0, 0.1) is 11.6 Å². The molecule has 6 nitrogen and oxygen atoms in total. The molecule has 0 atom stereocenters. The molecule has 0 aliphatic heterocycles. The molecule has 2 N–H and O–H groups in total. The number of anilines is 2. The first-order chi connectivity index (χ1) is 16.7. The van der Waals surface area contributed by atoms with Gasteiger partial charge in [-0.2, -0.15) is 0 Å². The van der Waals surface area contributed by atoms with E-state index in [4.69, 9.17) is 0 Å². The van der Waals surface area contributed by atoms with E-state index in [1.165, 1.54) is 78.9 Å². The highest BCUT2D eigenvalue weighted by Gasteiger charge is 2.19. The molecule has 0 aliphatic rings. The molecule has 4 rings (SSSR count). The number of hydrogen-bond donors (Lipinski definition) is 2. The number of carbonyl (C=O) groups is 2. The molecule has 35 heavy (non-hydrogen) atoms. The van der Waals surface area contributed by atoms with Crippen molar-refractivity contribution in [3.8, 4) is 0 Å². The number of hydrogen-bond acceptors (Lipinski definition) is 4. The van der Waals surface area contributed by atoms with Gasteiger partial charge in [0.2, 0.25) is 9.84 Å². The molecule has 0 radical (unpaired) electrons. The van der Waals surface area contributed by atoms with Crippen LogP contribution in [-0.2, 0) is 9.84 Å². The smallest absolute Gasteiger partial charge is 0.255 e. The highest BCUT2D eigenvalue weighted by molar-refractivity contribution is 7.91. The van der Waals surface area contributed by atoms with Gasteiger partial charge in [-0.05, 0) is 78.9 Å². The van der Waals surface area contributed by atoms with Gasteiger partial charge in [-0.25, -0.2) is 17.2 Å². The fraction of sp³-hybridized carbons (Fsp3) is 0. The van der Waals surface area contributed by atoms with Crippen LogP contribution in [0.25, 0.3) is 0 Å². The fourth-order valence-electron chi connectivity index (χ4n) is 3.26. The molecular formula is C26H18F2N2O4S. The number of nitrogens with one attached hydrogen (secondary N) is 2. The van der Waals surface area contributed by atoms with Crippen molar-refractivity contribution in [1.82, 2.24) is 0 Å². The maximum Gasteiger partial charge on any atom is 0.255 e. The first kappa shape index (κ1) is 23.8. The lowest BCUT2D eigenvalue weighted by molar-refractivity contribution is 0.101. The van der Waals surface area contributed by atoms with Crippen molar-refractivity contribution in [2.75, 3.05) is 10.6 Å². The lowest BCUT2D eigenvalue weighted by atomic mass is 10.2. The van der Waals surface area contributed by atoms with Crippen molar-refractivity contribution in [1.29, 1.82) is 0 Å². The molecule has 0 spiro atoms. The Labute approximate surface area is 200 Å². The number of carbonyl (C=O) groups excluding carboxylic acids is 2. The van der Waals surface area contributed by atoms with Crippen LogP contribution in [0.3, 0.4) is 0 Å². The van der Waals surface area contributed by atoms with E-state index >= 15 is 0 Å². The standard InChI is InChI=1S/C26H18F2N2O4S/c27-19-12-10-17(11-13-19)25(31)29-21-6-2-8-23(15-21)35(33,34)24-9-3-7-22(16-24)30-26(32)18-4-1-5-20(28)14-18/h1-16H,(H,29,31)(H,30,32). The molecule has 0 unspecified atom stereocenters. The van der Waals surface area contributed by atoms with Crippen LogP contribution in [0.1, 0.15) is 20.7 Å². The zero-order valence-electron chi connectivity index (χ0n) is 18.0. The molecular weight excluding hydrogens is 474 g/mol. The van der Waals surface area contributed by atoms with Gasteiger partial charge >= 0.3 is 0 Å². The lowest BCUT2D eigenvalue weighted by Gasteiger charge is -2.11. The summed E-state index contributed by atoms with van der Waals surface area (Å²) < 4.78 is 52.9. The van der Waals surface area contributed by atoms with E-state index in [1.54, 1.807) is 0 Å². The minimum absolute atomic E-state index is 0.0805. The van der Waals surface area contributed by atoms with Crippen molar-refractivity contribution in [2.45, 2.75) is 9.79 Å². The van der Waals surface area contributed by atoms with Crippen LogP contribution in [0.2, 0.25) is 0 Å². The van der Waals surface area contributed by atoms with Crippen LogP contribution in [0.15, 0.2) is 107 Å². The van der Waals surface area contributed by atoms with Gasteiger partial charge < -0.3 is 10.6 Å². The first-order valence-electron chi connectivity index (χ1n) is 10.3. The highest BCUT2D eigenvalue weighted by atomic mass is 32.2. The largest absolute Gasteiger partial charge is 0.322 e. The maximum absolute atomic E-state index is 13.4. The van der Waals surface area contributed by atoms with Crippen LogP contribution in [0.5, 0.6) is 0 Å². The molecule has 0 fully saturated rings. The summed E-state index contributed by atoms with van der Waals surface area (Å²) in [5, 5.41) is 5.14. The number of amides is 2. The zero-order chi connectivity index (χ0) is 25.0. The Morgan fingerprint density at radius 1 is 0.571 bits per heavy atom. The van der Waals surface area contributed by atoms with Gasteiger partial charge in [0.05, 0.1) is 9.79 Å². The monoisotopic (exact) mass is 492 g/mol. The van der Waals surface area contributed by atoms with Crippen molar-refractivity contribution < 1.29 is 26.8 Å². The molecule has 2 amide bonds. The summed E-state index contributed by atoms with van der Waals surface area (Å²) in [5.41, 5.74) is 0.737. The number of rotatable bonds is 6. The Kier molecular flexibility index (Phi) is 6.70. The quantitative estimate of drug-likeness (QED) is 0.382. The van der Waals surface area contributed by atoms with Gasteiger partial charge in [0.25, 0.3) is 11.8 Å². The van der Waals surface area contributed by atoms with E-state index in [0.29, 0.717) is 0 Å². The predicted molar refractivity (Wildman–Crippen MR) is 127 cm³/mol.